The number of anilines is 3. The van der Waals surface area contributed by atoms with Crippen LogP contribution in [-0.4, -0.2) is 0 Å². The first-order valence-corrected chi connectivity index (χ1v) is 20.3. The highest BCUT2D eigenvalue weighted by molar-refractivity contribution is 6.25. The van der Waals surface area contributed by atoms with Crippen LogP contribution in [0.2, 0.25) is 0 Å². The summed E-state index contributed by atoms with van der Waals surface area (Å²) in [5.41, 5.74) is 12.9. The average Bonchev–Trinajstić information content (AvgIpc) is 3.32. The molecule has 0 fully saturated rings. The number of benzene rings is 11. The van der Waals surface area contributed by atoms with Crippen molar-refractivity contribution in [3.8, 4) is 44.5 Å². The number of nitrogens with zero attached hydrogens (tertiary/aromatic N) is 1. The molecule has 0 aliphatic heterocycles. The van der Waals surface area contributed by atoms with Crippen LogP contribution in [0.4, 0.5) is 17.1 Å². The second kappa shape index (κ2) is 14.6. The molecule has 0 unspecified atom stereocenters. The molecule has 0 bridgehead atoms. The molecule has 0 heterocycles. The van der Waals surface area contributed by atoms with Crippen LogP contribution in [0.25, 0.3) is 87.6 Å². The minimum absolute atomic E-state index is 1.09. The van der Waals surface area contributed by atoms with Gasteiger partial charge in [0.15, 0.2) is 0 Å². The summed E-state index contributed by atoms with van der Waals surface area (Å²) < 4.78 is 0. The quantitative estimate of drug-likeness (QED) is 0.147. The maximum absolute atomic E-state index is 2.44. The first kappa shape index (κ1) is 34.5. The van der Waals surface area contributed by atoms with Crippen molar-refractivity contribution in [1.82, 2.24) is 0 Å². The molecule has 276 valence electrons. The van der Waals surface area contributed by atoms with Gasteiger partial charge >= 0.3 is 0 Å². The van der Waals surface area contributed by atoms with Crippen molar-refractivity contribution in [1.29, 1.82) is 0 Å². The third-order valence-corrected chi connectivity index (χ3v) is 11.9. The molecular formula is C58H39N. The smallest absolute Gasteiger partial charge is 0.0540 e. The number of para-hydroxylation sites is 1. The van der Waals surface area contributed by atoms with E-state index in [1.807, 2.05) is 0 Å². The number of rotatable bonds is 7. The molecule has 11 aromatic rings. The molecule has 0 amide bonds. The number of hydrogen-bond acceptors (Lipinski definition) is 1. The molecule has 0 saturated carbocycles. The van der Waals surface area contributed by atoms with Crippen LogP contribution in [0.3, 0.4) is 0 Å². The molecule has 0 N–H and O–H groups in total. The van der Waals surface area contributed by atoms with Crippen LogP contribution in [-0.2, 0) is 0 Å². The highest BCUT2D eigenvalue weighted by Crippen LogP contribution is 2.45. The Morgan fingerprint density at radius 1 is 0.220 bits per heavy atom. The zero-order valence-corrected chi connectivity index (χ0v) is 32.5. The van der Waals surface area contributed by atoms with E-state index < -0.39 is 0 Å². The first-order valence-electron chi connectivity index (χ1n) is 20.3. The second-order valence-electron chi connectivity index (χ2n) is 15.3. The lowest BCUT2D eigenvalue weighted by atomic mass is 9.93. The molecule has 1 heteroatoms. The van der Waals surface area contributed by atoms with E-state index in [1.165, 1.54) is 87.6 Å². The minimum Gasteiger partial charge on any atom is -0.310 e. The lowest BCUT2D eigenvalue weighted by Crippen LogP contribution is -2.11. The van der Waals surface area contributed by atoms with Crippen molar-refractivity contribution in [2.45, 2.75) is 0 Å². The fourth-order valence-electron chi connectivity index (χ4n) is 8.99. The highest BCUT2D eigenvalue weighted by Gasteiger charge is 2.20. The average molecular weight is 750 g/mol. The topological polar surface area (TPSA) is 3.24 Å². The monoisotopic (exact) mass is 749 g/mol. The Morgan fingerprint density at radius 2 is 0.644 bits per heavy atom. The van der Waals surface area contributed by atoms with Gasteiger partial charge in [-0.1, -0.05) is 200 Å². The van der Waals surface area contributed by atoms with Gasteiger partial charge in [-0.05, 0) is 118 Å². The van der Waals surface area contributed by atoms with Crippen molar-refractivity contribution >= 4 is 60.2 Å². The fourth-order valence-corrected chi connectivity index (χ4v) is 8.99. The molecule has 0 aliphatic rings. The SMILES string of the molecule is c1ccc(-c2ccc(-c3ccc(N(c4ccc5c6ccccc6c6ccccc6c5c4)c4ccccc4-c4cccc(-c5cccc6ccccc56)c4)cc3)cc2)cc1. The van der Waals surface area contributed by atoms with E-state index in [1.54, 1.807) is 0 Å². The summed E-state index contributed by atoms with van der Waals surface area (Å²) in [5, 5.41) is 10.1. The molecule has 11 rings (SSSR count). The van der Waals surface area contributed by atoms with E-state index in [-0.39, 0.29) is 0 Å². The molecule has 0 atom stereocenters. The Hall–Kier alpha value is -7.74. The van der Waals surface area contributed by atoms with E-state index in [9.17, 15) is 0 Å². The lowest BCUT2D eigenvalue weighted by molar-refractivity contribution is 1.29. The van der Waals surface area contributed by atoms with Crippen molar-refractivity contribution in [3.05, 3.63) is 237 Å². The summed E-state index contributed by atoms with van der Waals surface area (Å²) in [4.78, 5) is 2.44. The summed E-state index contributed by atoms with van der Waals surface area (Å²) in [6, 6.07) is 86.2. The summed E-state index contributed by atoms with van der Waals surface area (Å²) in [6.45, 7) is 0. The van der Waals surface area contributed by atoms with E-state index >= 15 is 0 Å². The third-order valence-electron chi connectivity index (χ3n) is 11.9. The Morgan fingerprint density at radius 3 is 1.32 bits per heavy atom. The first-order chi connectivity index (χ1) is 29.3. The maximum Gasteiger partial charge on any atom is 0.0540 e. The minimum atomic E-state index is 1.09. The Kier molecular flexibility index (Phi) is 8.56. The fraction of sp³-hybridized carbons (Fsp3) is 0. The van der Waals surface area contributed by atoms with Gasteiger partial charge in [0, 0.05) is 16.9 Å². The predicted molar refractivity (Wildman–Crippen MR) is 253 cm³/mol. The van der Waals surface area contributed by atoms with Crippen molar-refractivity contribution in [3.63, 3.8) is 0 Å². The summed E-state index contributed by atoms with van der Waals surface area (Å²) >= 11 is 0. The zero-order chi connectivity index (χ0) is 39.1. The summed E-state index contributed by atoms with van der Waals surface area (Å²) in [6.07, 6.45) is 0. The standard InChI is InChI=1S/C58H39N/c1-2-14-40(15-3-1)41-28-30-42(31-29-41)43-32-34-47(35-33-43)59(48-36-37-56-54-24-7-6-22-52(54)53-23-8-9-25-55(53)57(56)39-48)58-27-11-10-21-51(58)46-19-12-18-45(38-46)50-26-13-17-44-16-4-5-20-49(44)50/h1-39H. The highest BCUT2D eigenvalue weighted by atomic mass is 15.1. The zero-order valence-electron chi connectivity index (χ0n) is 32.5. The van der Waals surface area contributed by atoms with Gasteiger partial charge < -0.3 is 4.90 Å². The normalized spacial score (nSPS) is 11.4. The van der Waals surface area contributed by atoms with Gasteiger partial charge in [-0.3, -0.25) is 0 Å². The van der Waals surface area contributed by atoms with E-state index in [4.69, 9.17) is 0 Å². The molecule has 0 radical (unpaired) electrons. The Labute approximate surface area is 344 Å². The third kappa shape index (κ3) is 6.21. The second-order valence-corrected chi connectivity index (χ2v) is 15.3. The molecule has 0 aliphatic carbocycles. The van der Waals surface area contributed by atoms with E-state index in [0.717, 1.165) is 17.1 Å². The van der Waals surface area contributed by atoms with E-state index in [0.29, 0.717) is 0 Å². The van der Waals surface area contributed by atoms with Gasteiger partial charge in [0.05, 0.1) is 5.69 Å². The predicted octanol–water partition coefficient (Wildman–Crippen LogP) is 16.4. The maximum atomic E-state index is 2.44. The Bertz CT molecular complexity index is 3270. The molecule has 0 saturated heterocycles. The van der Waals surface area contributed by atoms with Crippen molar-refractivity contribution < 1.29 is 0 Å². The number of fused-ring (bicyclic) bond motifs is 7. The van der Waals surface area contributed by atoms with Crippen molar-refractivity contribution in [2.24, 2.45) is 0 Å². The van der Waals surface area contributed by atoms with Gasteiger partial charge in [0.1, 0.15) is 0 Å². The molecule has 0 spiro atoms. The lowest BCUT2D eigenvalue weighted by Gasteiger charge is -2.29. The van der Waals surface area contributed by atoms with Crippen LogP contribution < -0.4 is 4.90 Å². The largest absolute Gasteiger partial charge is 0.310 e. The van der Waals surface area contributed by atoms with Gasteiger partial charge in [0.2, 0.25) is 0 Å². The number of hydrogen-bond donors (Lipinski definition) is 0. The molecular weight excluding hydrogens is 711 g/mol. The van der Waals surface area contributed by atoms with Crippen LogP contribution in [0, 0.1) is 0 Å². The van der Waals surface area contributed by atoms with Crippen LogP contribution in [0.1, 0.15) is 0 Å². The molecule has 59 heavy (non-hydrogen) atoms. The molecule has 11 aromatic carbocycles. The Balaban J connectivity index is 1.08. The van der Waals surface area contributed by atoms with E-state index in [2.05, 4.69) is 241 Å². The van der Waals surface area contributed by atoms with Crippen molar-refractivity contribution in [2.75, 3.05) is 4.90 Å². The van der Waals surface area contributed by atoms with Crippen LogP contribution in [0.15, 0.2) is 237 Å². The molecule has 0 aromatic heterocycles. The van der Waals surface area contributed by atoms with Crippen LogP contribution in [0.5, 0.6) is 0 Å². The van der Waals surface area contributed by atoms with Gasteiger partial charge in [-0.2, -0.15) is 0 Å². The van der Waals surface area contributed by atoms with Gasteiger partial charge in [-0.15, -0.1) is 0 Å². The molecule has 1 nitrogen and oxygen atoms in total. The summed E-state index contributed by atoms with van der Waals surface area (Å²) in [7, 11) is 0. The summed E-state index contributed by atoms with van der Waals surface area (Å²) in [5.74, 6) is 0. The van der Waals surface area contributed by atoms with Gasteiger partial charge in [-0.25, -0.2) is 0 Å². The van der Waals surface area contributed by atoms with Gasteiger partial charge in [0.25, 0.3) is 0 Å². The van der Waals surface area contributed by atoms with Crippen LogP contribution >= 0.6 is 0 Å².